The average Bonchev–Trinajstić information content (AvgIpc) is 2.41. The van der Waals surface area contributed by atoms with Gasteiger partial charge in [0, 0.05) is 18.0 Å². The van der Waals surface area contributed by atoms with E-state index in [0.29, 0.717) is 11.4 Å². The zero-order valence-corrected chi connectivity index (χ0v) is 9.56. The van der Waals surface area contributed by atoms with Gasteiger partial charge in [-0.15, -0.1) is 10.2 Å². The van der Waals surface area contributed by atoms with E-state index in [-0.39, 0.29) is 5.96 Å². The third-order valence-corrected chi connectivity index (χ3v) is 2.12. The van der Waals surface area contributed by atoms with Gasteiger partial charge in [0.15, 0.2) is 0 Å². The molecule has 1 aromatic carbocycles. The molecule has 0 saturated heterocycles. The number of hydrogen-bond acceptors (Lipinski definition) is 4. The Labute approximate surface area is 104 Å². The molecule has 0 aliphatic rings. The zero-order valence-electron chi connectivity index (χ0n) is 9.56. The van der Waals surface area contributed by atoms with Crippen LogP contribution in [0.3, 0.4) is 0 Å². The fraction of sp³-hybridized carbons (Fsp3) is 0. The number of aromatic nitrogens is 2. The summed E-state index contributed by atoms with van der Waals surface area (Å²) in [5, 5.41) is 7.69. The molecule has 0 amide bonds. The minimum atomic E-state index is -0.104. The van der Waals surface area contributed by atoms with Crippen molar-refractivity contribution in [3.05, 3.63) is 60.2 Å². The van der Waals surface area contributed by atoms with Gasteiger partial charge in [-0.3, -0.25) is 9.97 Å². The van der Waals surface area contributed by atoms with Crippen molar-refractivity contribution >= 4 is 11.7 Å². The van der Waals surface area contributed by atoms with E-state index >= 15 is 0 Å². The molecule has 0 aliphatic heterocycles. The molecule has 0 atom stereocenters. The highest BCUT2D eigenvalue weighted by Crippen LogP contribution is 2.08. The minimum Gasteiger partial charge on any atom is -0.369 e. The molecule has 1 aromatic heterocycles. The lowest BCUT2D eigenvalue weighted by Gasteiger charge is -2.03. The molecule has 0 aliphatic carbocycles. The molecule has 0 saturated carbocycles. The fourth-order valence-electron chi connectivity index (χ4n) is 1.38. The zero-order chi connectivity index (χ0) is 12.8. The standard InChI is InChI=1S/C12H12N6/c13-12(14)18-17-11(9-4-2-1-3-5-9)10-8-15-6-7-16-10/h1-8H,(H4,13,14,18)/b17-11+. The summed E-state index contributed by atoms with van der Waals surface area (Å²) < 4.78 is 0. The second-order valence-corrected chi connectivity index (χ2v) is 3.43. The molecule has 2 aromatic rings. The first-order valence-corrected chi connectivity index (χ1v) is 5.26. The number of benzene rings is 1. The quantitative estimate of drug-likeness (QED) is 0.463. The van der Waals surface area contributed by atoms with Crippen molar-refractivity contribution < 1.29 is 0 Å². The average molecular weight is 240 g/mol. The van der Waals surface area contributed by atoms with Crippen LogP contribution in [-0.4, -0.2) is 21.6 Å². The molecule has 6 heteroatoms. The largest absolute Gasteiger partial charge is 0.369 e. The molecule has 6 nitrogen and oxygen atoms in total. The predicted octanol–water partition coefficient (Wildman–Crippen LogP) is 0.502. The maximum atomic E-state index is 5.28. The molecule has 0 fully saturated rings. The Kier molecular flexibility index (Phi) is 3.60. The van der Waals surface area contributed by atoms with Crippen molar-refractivity contribution in [3.63, 3.8) is 0 Å². The van der Waals surface area contributed by atoms with Crippen LogP contribution >= 0.6 is 0 Å². The topological polar surface area (TPSA) is 103 Å². The van der Waals surface area contributed by atoms with E-state index in [4.69, 9.17) is 11.5 Å². The third-order valence-electron chi connectivity index (χ3n) is 2.12. The van der Waals surface area contributed by atoms with E-state index in [1.165, 1.54) is 0 Å². The van der Waals surface area contributed by atoms with Crippen LogP contribution in [0.25, 0.3) is 0 Å². The molecule has 0 unspecified atom stereocenters. The van der Waals surface area contributed by atoms with Gasteiger partial charge >= 0.3 is 0 Å². The number of hydrogen-bond donors (Lipinski definition) is 2. The molecule has 18 heavy (non-hydrogen) atoms. The Bertz CT molecular complexity index is 516. The lowest BCUT2D eigenvalue weighted by atomic mass is 10.1. The lowest BCUT2D eigenvalue weighted by molar-refractivity contribution is 1.15. The van der Waals surface area contributed by atoms with Gasteiger partial charge in [0.2, 0.25) is 5.96 Å². The summed E-state index contributed by atoms with van der Waals surface area (Å²) in [6.07, 6.45) is 4.78. The summed E-state index contributed by atoms with van der Waals surface area (Å²) in [5.41, 5.74) is 12.6. The second kappa shape index (κ2) is 5.53. The van der Waals surface area contributed by atoms with Gasteiger partial charge in [-0.25, -0.2) is 0 Å². The first kappa shape index (κ1) is 11.7. The predicted molar refractivity (Wildman–Crippen MR) is 69.9 cm³/mol. The van der Waals surface area contributed by atoms with Crippen LogP contribution in [0.15, 0.2) is 59.1 Å². The lowest BCUT2D eigenvalue weighted by Crippen LogP contribution is -2.22. The van der Waals surface area contributed by atoms with E-state index in [0.717, 1.165) is 5.56 Å². The highest BCUT2D eigenvalue weighted by Gasteiger charge is 2.08. The maximum absolute atomic E-state index is 5.28. The number of nitrogens with zero attached hydrogens (tertiary/aromatic N) is 4. The Morgan fingerprint density at radius 1 is 1.00 bits per heavy atom. The Balaban J connectivity index is 2.49. The fourth-order valence-corrected chi connectivity index (χ4v) is 1.38. The number of guanidine groups is 1. The molecule has 0 spiro atoms. The van der Waals surface area contributed by atoms with Gasteiger partial charge in [0.1, 0.15) is 11.4 Å². The van der Waals surface area contributed by atoms with Gasteiger partial charge in [0.05, 0.1) is 6.20 Å². The van der Waals surface area contributed by atoms with E-state index in [1.807, 2.05) is 30.3 Å². The second-order valence-electron chi connectivity index (χ2n) is 3.43. The summed E-state index contributed by atoms with van der Waals surface area (Å²) in [7, 11) is 0. The van der Waals surface area contributed by atoms with Gasteiger partial charge < -0.3 is 11.5 Å². The summed E-state index contributed by atoms with van der Waals surface area (Å²) in [5.74, 6) is -0.104. The van der Waals surface area contributed by atoms with Crippen molar-refractivity contribution in [1.29, 1.82) is 0 Å². The first-order chi connectivity index (χ1) is 8.77. The van der Waals surface area contributed by atoms with Crippen molar-refractivity contribution in [3.8, 4) is 0 Å². The Morgan fingerprint density at radius 2 is 1.78 bits per heavy atom. The van der Waals surface area contributed by atoms with Crippen LogP contribution < -0.4 is 11.5 Å². The summed E-state index contributed by atoms with van der Waals surface area (Å²) in [6.45, 7) is 0. The normalized spacial score (nSPS) is 11.0. The molecule has 2 rings (SSSR count). The highest BCUT2D eigenvalue weighted by molar-refractivity contribution is 6.11. The van der Waals surface area contributed by atoms with Crippen molar-refractivity contribution in [2.45, 2.75) is 0 Å². The SMILES string of the molecule is NC(N)=N/N=C(\c1ccccc1)c1cnccn1. The Hall–Kier alpha value is -2.76. The Morgan fingerprint density at radius 3 is 2.39 bits per heavy atom. The number of rotatable bonds is 3. The van der Waals surface area contributed by atoms with Crippen LogP contribution in [0.2, 0.25) is 0 Å². The molecule has 1 heterocycles. The maximum Gasteiger partial charge on any atom is 0.211 e. The summed E-state index contributed by atoms with van der Waals surface area (Å²) >= 11 is 0. The summed E-state index contributed by atoms with van der Waals surface area (Å²) in [6, 6.07) is 9.51. The smallest absolute Gasteiger partial charge is 0.211 e. The van der Waals surface area contributed by atoms with Gasteiger partial charge in [-0.2, -0.15) is 0 Å². The van der Waals surface area contributed by atoms with Crippen LogP contribution in [0.5, 0.6) is 0 Å². The van der Waals surface area contributed by atoms with Gasteiger partial charge in [-0.1, -0.05) is 30.3 Å². The van der Waals surface area contributed by atoms with Crippen molar-refractivity contribution in [2.24, 2.45) is 21.7 Å². The van der Waals surface area contributed by atoms with Crippen LogP contribution in [0.4, 0.5) is 0 Å². The molecule has 4 N–H and O–H groups in total. The van der Waals surface area contributed by atoms with E-state index in [1.54, 1.807) is 18.6 Å². The molecular weight excluding hydrogens is 228 g/mol. The van der Waals surface area contributed by atoms with Crippen LogP contribution in [0.1, 0.15) is 11.3 Å². The molecular formula is C12H12N6. The van der Waals surface area contributed by atoms with Crippen LogP contribution in [-0.2, 0) is 0 Å². The number of nitrogens with two attached hydrogens (primary N) is 2. The van der Waals surface area contributed by atoms with Crippen molar-refractivity contribution in [2.75, 3.05) is 0 Å². The van der Waals surface area contributed by atoms with Crippen LogP contribution in [0, 0.1) is 0 Å². The van der Waals surface area contributed by atoms with Gasteiger partial charge in [0.25, 0.3) is 0 Å². The van der Waals surface area contributed by atoms with Crippen molar-refractivity contribution in [1.82, 2.24) is 9.97 Å². The van der Waals surface area contributed by atoms with E-state index < -0.39 is 0 Å². The van der Waals surface area contributed by atoms with E-state index in [2.05, 4.69) is 20.2 Å². The third kappa shape index (κ3) is 2.88. The molecule has 0 radical (unpaired) electrons. The molecule has 0 bridgehead atoms. The monoisotopic (exact) mass is 240 g/mol. The first-order valence-electron chi connectivity index (χ1n) is 5.26. The highest BCUT2D eigenvalue weighted by atomic mass is 15.3. The summed E-state index contributed by atoms with van der Waals surface area (Å²) in [4.78, 5) is 8.19. The molecule has 90 valence electrons. The van der Waals surface area contributed by atoms with Gasteiger partial charge in [-0.05, 0) is 0 Å². The van der Waals surface area contributed by atoms with E-state index in [9.17, 15) is 0 Å². The minimum absolute atomic E-state index is 0.104.